The molecule has 0 aliphatic rings. The Morgan fingerprint density at radius 3 is 1.96 bits per heavy atom. The summed E-state index contributed by atoms with van der Waals surface area (Å²) >= 11 is 0. The van der Waals surface area contributed by atoms with Crippen LogP contribution in [0.4, 0.5) is 0 Å². The molecule has 0 atom stereocenters. The molecule has 0 bridgehead atoms. The summed E-state index contributed by atoms with van der Waals surface area (Å²) in [6.07, 6.45) is 4.90. The number of hydrogen-bond acceptors (Lipinski definition) is 2. The van der Waals surface area contributed by atoms with Crippen molar-refractivity contribution in [1.82, 2.24) is 0 Å². The van der Waals surface area contributed by atoms with Crippen LogP contribution in [0.5, 0.6) is 0 Å². The van der Waals surface area contributed by atoms with Gasteiger partial charge in [0.05, 0.1) is 6.42 Å². The van der Waals surface area contributed by atoms with Crippen molar-refractivity contribution in [3.63, 3.8) is 0 Å². The van der Waals surface area contributed by atoms with Crippen LogP contribution < -0.4 is 5.73 Å². The second-order valence-electron chi connectivity index (χ2n) is 5.88. The fourth-order valence-electron chi connectivity index (χ4n) is 2.30. The van der Waals surface area contributed by atoms with Gasteiger partial charge in [0, 0.05) is 6.42 Å². The Morgan fingerprint density at radius 1 is 0.880 bits per heavy atom. The van der Waals surface area contributed by atoms with Crippen molar-refractivity contribution in [1.29, 1.82) is 0 Å². The number of amides is 1. The number of carboxylic acid groups (broad SMARTS) is 1. The average molecular weight is 341 g/mol. The Morgan fingerprint density at radius 2 is 1.48 bits per heavy atom. The zero-order chi connectivity index (χ0) is 18.5. The van der Waals surface area contributed by atoms with Crippen LogP contribution in [-0.4, -0.2) is 17.0 Å². The molecular formula is C21H27NO3. The highest BCUT2D eigenvalue weighted by molar-refractivity contribution is 5.79. The predicted octanol–water partition coefficient (Wildman–Crippen LogP) is 4.42. The fourth-order valence-corrected chi connectivity index (χ4v) is 2.30. The van der Waals surface area contributed by atoms with Crippen LogP contribution in [0.25, 0.3) is 11.1 Å². The first kappa shape index (κ1) is 20.4. The van der Waals surface area contributed by atoms with Crippen molar-refractivity contribution in [2.24, 2.45) is 5.73 Å². The molecule has 0 saturated heterocycles. The van der Waals surface area contributed by atoms with Crippen molar-refractivity contribution in [3.05, 3.63) is 60.2 Å². The summed E-state index contributed by atoms with van der Waals surface area (Å²) in [6.45, 7) is 2.25. The van der Waals surface area contributed by atoms with Gasteiger partial charge < -0.3 is 10.8 Å². The molecule has 134 valence electrons. The van der Waals surface area contributed by atoms with Crippen LogP contribution in [0.1, 0.15) is 44.6 Å². The number of benzene rings is 2. The van der Waals surface area contributed by atoms with E-state index in [1.165, 1.54) is 42.4 Å². The van der Waals surface area contributed by atoms with Crippen LogP contribution >= 0.6 is 0 Å². The molecular weight excluding hydrogens is 314 g/mol. The van der Waals surface area contributed by atoms with Gasteiger partial charge >= 0.3 is 5.97 Å². The normalized spacial score (nSPS) is 9.80. The smallest absolute Gasteiger partial charge is 0.303 e. The van der Waals surface area contributed by atoms with E-state index in [4.69, 9.17) is 5.11 Å². The number of primary amides is 1. The van der Waals surface area contributed by atoms with Crippen LogP contribution in [0.3, 0.4) is 0 Å². The van der Waals surface area contributed by atoms with E-state index in [0.29, 0.717) is 0 Å². The zero-order valence-electron chi connectivity index (χ0n) is 14.8. The first-order valence-corrected chi connectivity index (χ1v) is 8.67. The zero-order valence-corrected chi connectivity index (χ0v) is 14.8. The molecule has 4 heteroatoms. The first-order chi connectivity index (χ1) is 12.0. The third-order valence-electron chi connectivity index (χ3n) is 3.72. The van der Waals surface area contributed by atoms with Gasteiger partial charge in [-0.1, -0.05) is 74.4 Å². The standard InChI is InChI=1S/C17H20.C4H7NO3/c1-2-3-5-8-15-11-13-17(14-12-15)16-9-6-4-7-10-16;5-3(6)1-2-4(7)8/h4,6-7,9-14H,2-3,5,8H2,1H3;1-2H2,(H2,5,6)(H,7,8). The van der Waals surface area contributed by atoms with Gasteiger partial charge in [-0.15, -0.1) is 0 Å². The highest BCUT2D eigenvalue weighted by atomic mass is 16.4. The molecule has 0 heterocycles. The maximum atomic E-state index is 9.86. The molecule has 4 nitrogen and oxygen atoms in total. The Bertz CT molecular complexity index is 622. The largest absolute Gasteiger partial charge is 0.481 e. The summed E-state index contributed by atoms with van der Waals surface area (Å²) in [5.74, 6) is -1.57. The summed E-state index contributed by atoms with van der Waals surface area (Å²) in [4.78, 5) is 19.6. The number of carbonyl (C=O) groups is 2. The molecule has 0 fully saturated rings. The number of nitrogens with two attached hydrogens (primary N) is 1. The third kappa shape index (κ3) is 9.30. The van der Waals surface area contributed by atoms with E-state index < -0.39 is 11.9 Å². The molecule has 0 radical (unpaired) electrons. The molecule has 3 N–H and O–H groups in total. The summed E-state index contributed by atoms with van der Waals surface area (Å²) in [5, 5.41) is 7.95. The number of unbranched alkanes of at least 4 members (excludes halogenated alkanes) is 2. The topological polar surface area (TPSA) is 80.4 Å². The molecule has 2 rings (SSSR count). The molecule has 0 saturated carbocycles. The van der Waals surface area contributed by atoms with Gasteiger partial charge in [0.25, 0.3) is 0 Å². The Balaban J connectivity index is 0.000000333. The third-order valence-corrected chi connectivity index (χ3v) is 3.72. The number of rotatable bonds is 8. The highest BCUT2D eigenvalue weighted by Gasteiger charge is 1.99. The molecule has 2 aromatic carbocycles. The summed E-state index contributed by atoms with van der Waals surface area (Å²) in [7, 11) is 0. The van der Waals surface area contributed by atoms with E-state index >= 15 is 0 Å². The monoisotopic (exact) mass is 341 g/mol. The first-order valence-electron chi connectivity index (χ1n) is 8.67. The lowest BCUT2D eigenvalue weighted by Crippen LogP contribution is -2.12. The summed E-state index contributed by atoms with van der Waals surface area (Å²) < 4.78 is 0. The lowest BCUT2D eigenvalue weighted by molar-refractivity contribution is -0.138. The van der Waals surface area contributed by atoms with Crippen molar-refractivity contribution < 1.29 is 14.7 Å². The number of aryl methyl sites for hydroxylation is 1. The van der Waals surface area contributed by atoms with E-state index in [9.17, 15) is 9.59 Å². The molecule has 25 heavy (non-hydrogen) atoms. The van der Waals surface area contributed by atoms with Gasteiger partial charge in [0.1, 0.15) is 0 Å². The molecule has 0 aromatic heterocycles. The number of aliphatic carboxylic acids is 1. The van der Waals surface area contributed by atoms with Gasteiger partial charge in [0.2, 0.25) is 5.91 Å². The van der Waals surface area contributed by atoms with Gasteiger partial charge in [0.15, 0.2) is 0 Å². The van der Waals surface area contributed by atoms with Crippen LogP contribution in [-0.2, 0) is 16.0 Å². The highest BCUT2D eigenvalue weighted by Crippen LogP contribution is 2.19. The van der Waals surface area contributed by atoms with Gasteiger partial charge in [-0.2, -0.15) is 0 Å². The minimum atomic E-state index is -0.996. The number of hydrogen-bond donors (Lipinski definition) is 2. The van der Waals surface area contributed by atoms with E-state index in [-0.39, 0.29) is 12.8 Å². The lowest BCUT2D eigenvalue weighted by Gasteiger charge is -2.04. The van der Waals surface area contributed by atoms with E-state index in [0.717, 1.165) is 0 Å². The van der Waals surface area contributed by atoms with Crippen molar-refractivity contribution in [3.8, 4) is 11.1 Å². The minimum absolute atomic E-state index is 0.0741. The van der Waals surface area contributed by atoms with Crippen LogP contribution in [0.15, 0.2) is 54.6 Å². The average Bonchev–Trinajstić information content (AvgIpc) is 2.62. The molecule has 0 aliphatic heterocycles. The lowest BCUT2D eigenvalue weighted by atomic mass is 10.0. The SMILES string of the molecule is CCCCCc1ccc(-c2ccccc2)cc1.NC(=O)CCC(=O)O. The van der Waals surface area contributed by atoms with Crippen LogP contribution in [0.2, 0.25) is 0 Å². The molecule has 0 unspecified atom stereocenters. The second-order valence-corrected chi connectivity index (χ2v) is 5.88. The predicted molar refractivity (Wildman–Crippen MR) is 101 cm³/mol. The van der Waals surface area contributed by atoms with Crippen LogP contribution in [0, 0.1) is 0 Å². The summed E-state index contributed by atoms with van der Waals surface area (Å²) in [5.41, 5.74) is 8.70. The molecule has 0 spiro atoms. The molecule has 0 aliphatic carbocycles. The van der Waals surface area contributed by atoms with Crippen molar-refractivity contribution in [2.75, 3.05) is 0 Å². The van der Waals surface area contributed by atoms with Gasteiger partial charge in [-0.3, -0.25) is 9.59 Å². The van der Waals surface area contributed by atoms with E-state index in [1.807, 2.05) is 0 Å². The minimum Gasteiger partial charge on any atom is -0.481 e. The van der Waals surface area contributed by atoms with Crippen molar-refractivity contribution in [2.45, 2.75) is 45.4 Å². The fraction of sp³-hybridized carbons (Fsp3) is 0.333. The summed E-state index contributed by atoms with van der Waals surface area (Å²) in [6, 6.07) is 19.5. The Kier molecular flexibility index (Phi) is 9.68. The maximum Gasteiger partial charge on any atom is 0.303 e. The van der Waals surface area contributed by atoms with E-state index in [1.54, 1.807) is 0 Å². The molecule has 1 amide bonds. The molecule has 2 aromatic rings. The van der Waals surface area contributed by atoms with Gasteiger partial charge in [-0.05, 0) is 29.5 Å². The van der Waals surface area contributed by atoms with E-state index in [2.05, 4.69) is 67.3 Å². The van der Waals surface area contributed by atoms with Gasteiger partial charge in [-0.25, -0.2) is 0 Å². The number of carboxylic acids is 1. The number of carbonyl (C=O) groups excluding carboxylic acids is 1. The Hall–Kier alpha value is -2.62. The Labute approximate surface area is 149 Å². The quantitative estimate of drug-likeness (QED) is 0.697. The second kappa shape index (κ2) is 11.8. The maximum absolute atomic E-state index is 9.86. The van der Waals surface area contributed by atoms with Crippen molar-refractivity contribution >= 4 is 11.9 Å².